The average molecular weight is 465 g/mol. The van der Waals surface area contributed by atoms with E-state index in [4.69, 9.17) is 9.72 Å². The van der Waals surface area contributed by atoms with Gasteiger partial charge in [0.2, 0.25) is 0 Å². The van der Waals surface area contributed by atoms with E-state index in [1.54, 1.807) is 0 Å². The van der Waals surface area contributed by atoms with Gasteiger partial charge in [0, 0.05) is 4.90 Å². The second-order valence-electron chi connectivity index (χ2n) is 8.18. The molecular formula is C30H28N2OS. The largest absolute Gasteiger partial charge is 0.492 e. The van der Waals surface area contributed by atoms with Crippen LogP contribution in [0.5, 0.6) is 5.75 Å². The maximum Gasteiger partial charge on any atom is 0.128 e. The van der Waals surface area contributed by atoms with Crippen molar-refractivity contribution >= 4 is 22.8 Å². The van der Waals surface area contributed by atoms with E-state index in [0.717, 1.165) is 35.6 Å². The van der Waals surface area contributed by atoms with Crippen LogP contribution in [0.15, 0.2) is 114 Å². The van der Waals surface area contributed by atoms with Crippen molar-refractivity contribution in [1.82, 2.24) is 9.55 Å². The Bertz CT molecular complexity index is 1330. The molecule has 5 rings (SSSR count). The maximum absolute atomic E-state index is 6.13. The van der Waals surface area contributed by atoms with E-state index in [1.165, 1.54) is 16.0 Å². The number of aromatic nitrogens is 2. The molecule has 4 aromatic carbocycles. The highest BCUT2D eigenvalue weighted by molar-refractivity contribution is 7.99. The van der Waals surface area contributed by atoms with E-state index in [1.807, 2.05) is 11.8 Å². The molecule has 0 N–H and O–H groups in total. The van der Waals surface area contributed by atoms with Crippen molar-refractivity contribution in [3.05, 3.63) is 126 Å². The summed E-state index contributed by atoms with van der Waals surface area (Å²) in [6.07, 6.45) is 1.03. The van der Waals surface area contributed by atoms with Crippen LogP contribution >= 0.6 is 11.8 Å². The first kappa shape index (κ1) is 22.3. The number of hydrogen-bond acceptors (Lipinski definition) is 3. The number of para-hydroxylation sites is 2. The minimum Gasteiger partial charge on any atom is -0.492 e. The van der Waals surface area contributed by atoms with Crippen LogP contribution in [0.2, 0.25) is 0 Å². The van der Waals surface area contributed by atoms with Gasteiger partial charge in [-0.2, -0.15) is 0 Å². The lowest BCUT2D eigenvalue weighted by Crippen LogP contribution is -2.13. The van der Waals surface area contributed by atoms with Crippen molar-refractivity contribution in [3.63, 3.8) is 0 Å². The number of rotatable bonds is 9. The fraction of sp³-hybridized carbons (Fsp3) is 0.167. The Labute approximate surface area is 205 Å². The SMILES string of the molecule is CCc1ccc(OCCn2c(C(Sc3ccccc3)c3ccccc3)nc3ccccc32)cc1. The van der Waals surface area contributed by atoms with Gasteiger partial charge in [-0.25, -0.2) is 4.98 Å². The summed E-state index contributed by atoms with van der Waals surface area (Å²) in [4.78, 5) is 6.34. The average Bonchev–Trinajstić information content (AvgIpc) is 3.27. The molecule has 0 radical (unpaired) electrons. The van der Waals surface area contributed by atoms with Gasteiger partial charge in [0.15, 0.2) is 0 Å². The molecule has 0 aliphatic heterocycles. The summed E-state index contributed by atoms with van der Waals surface area (Å²) in [5, 5.41) is 0.0693. The van der Waals surface area contributed by atoms with Crippen molar-refractivity contribution in [2.45, 2.75) is 30.0 Å². The third kappa shape index (κ3) is 5.02. The molecule has 1 atom stereocenters. The first-order chi connectivity index (χ1) is 16.8. The molecule has 34 heavy (non-hydrogen) atoms. The number of nitrogens with zero attached hydrogens (tertiary/aromatic N) is 2. The number of imidazole rings is 1. The summed E-state index contributed by atoms with van der Waals surface area (Å²) >= 11 is 1.83. The highest BCUT2D eigenvalue weighted by Crippen LogP contribution is 2.41. The van der Waals surface area contributed by atoms with Gasteiger partial charge in [0.1, 0.15) is 18.2 Å². The molecule has 3 nitrogen and oxygen atoms in total. The normalized spacial score (nSPS) is 12.0. The molecule has 1 aromatic heterocycles. The van der Waals surface area contributed by atoms with Crippen molar-refractivity contribution in [1.29, 1.82) is 0 Å². The predicted octanol–water partition coefficient (Wildman–Crippen LogP) is 7.56. The van der Waals surface area contributed by atoms with Crippen molar-refractivity contribution < 1.29 is 4.74 Å². The lowest BCUT2D eigenvalue weighted by Gasteiger charge is -2.19. The maximum atomic E-state index is 6.13. The van der Waals surface area contributed by atoms with E-state index in [2.05, 4.69) is 121 Å². The fourth-order valence-electron chi connectivity index (χ4n) is 4.14. The van der Waals surface area contributed by atoms with Crippen LogP contribution in [0.25, 0.3) is 11.0 Å². The molecule has 0 aliphatic carbocycles. The third-order valence-corrected chi connectivity index (χ3v) is 7.20. The summed E-state index contributed by atoms with van der Waals surface area (Å²) in [6, 6.07) is 38.0. The monoisotopic (exact) mass is 464 g/mol. The summed E-state index contributed by atoms with van der Waals surface area (Å²) in [6.45, 7) is 3.47. The van der Waals surface area contributed by atoms with Crippen LogP contribution in [0, 0.1) is 0 Å². The highest BCUT2D eigenvalue weighted by Gasteiger charge is 2.23. The zero-order valence-corrected chi connectivity index (χ0v) is 20.1. The molecule has 4 heteroatoms. The van der Waals surface area contributed by atoms with Crippen molar-refractivity contribution in [2.24, 2.45) is 0 Å². The summed E-state index contributed by atoms with van der Waals surface area (Å²) in [5.74, 6) is 1.95. The van der Waals surface area contributed by atoms with Crippen LogP contribution in [0.3, 0.4) is 0 Å². The van der Waals surface area contributed by atoms with Gasteiger partial charge in [-0.15, -0.1) is 11.8 Å². The van der Waals surface area contributed by atoms with Crippen molar-refractivity contribution in [3.8, 4) is 5.75 Å². The number of fused-ring (bicyclic) bond motifs is 1. The summed E-state index contributed by atoms with van der Waals surface area (Å²) in [5.41, 5.74) is 4.71. The topological polar surface area (TPSA) is 27.1 Å². The molecule has 0 amide bonds. The molecule has 1 unspecified atom stereocenters. The van der Waals surface area contributed by atoms with E-state index in [0.29, 0.717) is 6.61 Å². The number of aryl methyl sites for hydroxylation is 1. The van der Waals surface area contributed by atoms with Crippen LogP contribution in [0.4, 0.5) is 0 Å². The van der Waals surface area contributed by atoms with Crippen LogP contribution in [-0.4, -0.2) is 16.2 Å². The lowest BCUT2D eigenvalue weighted by molar-refractivity contribution is 0.298. The molecule has 0 fully saturated rings. The smallest absolute Gasteiger partial charge is 0.128 e. The van der Waals surface area contributed by atoms with E-state index < -0.39 is 0 Å². The molecule has 0 bridgehead atoms. The van der Waals surface area contributed by atoms with Gasteiger partial charge < -0.3 is 9.30 Å². The Kier molecular flexibility index (Phi) is 6.97. The van der Waals surface area contributed by atoms with Gasteiger partial charge in [0.25, 0.3) is 0 Å². The number of thioether (sulfide) groups is 1. The zero-order chi connectivity index (χ0) is 23.2. The Hall–Kier alpha value is -3.50. The van der Waals surface area contributed by atoms with Crippen LogP contribution in [0.1, 0.15) is 29.1 Å². The van der Waals surface area contributed by atoms with Crippen LogP contribution in [-0.2, 0) is 13.0 Å². The molecule has 0 saturated heterocycles. The molecular weight excluding hydrogens is 436 g/mol. The van der Waals surface area contributed by atoms with Crippen LogP contribution < -0.4 is 4.74 Å². The van der Waals surface area contributed by atoms with E-state index >= 15 is 0 Å². The fourth-order valence-corrected chi connectivity index (χ4v) is 5.30. The quantitative estimate of drug-likeness (QED) is 0.211. The first-order valence-electron chi connectivity index (χ1n) is 11.8. The number of hydrogen-bond donors (Lipinski definition) is 0. The molecule has 1 heterocycles. The second kappa shape index (κ2) is 10.6. The molecule has 0 spiro atoms. The standard InChI is InChI=1S/C30H28N2OS/c1-2-23-17-19-25(20-18-23)33-22-21-32-28-16-10-9-15-27(28)31-30(32)29(24-11-5-3-6-12-24)34-26-13-7-4-8-14-26/h3-20,29H,2,21-22H2,1H3. The Morgan fingerprint density at radius 2 is 1.47 bits per heavy atom. The lowest BCUT2D eigenvalue weighted by atomic mass is 10.1. The Morgan fingerprint density at radius 3 is 2.21 bits per heavy atom. The van der Waals surface area contributed by atoms with Gasteiger partial charge in [-0.3, -0.25) is 0 Å². The second-order valence-corrected chi connectivity index (χ2v) is 9.36. The molecule has 170 valence electrons. The Balaban J connectivity index is 1.48. The molecule has 0 saturated carbocycles. The zero-order valence-electron chi connectivity index (χ0n) is 19.3. The minimum absolute atomic E-state index is 0.0693. The predicted molar refractivity (Wildman–Crippen MR) is 142 cm³/mol. The van der Waals surface area contributed by atoms with Gasteiger partial charge in [-0.1, -0.05) is 79.7 Å². The Morgan fingerprint density at radius 1 is 0.794 bits per heavy atom. The third-order valence-electron chi connectivity index (χ3n) is 5.93. The van der Waals surface area contributed by atoms with Gasteiger partial charge >= 0.3 is 0 Å². The first-order valence-corrected chi connectivity index (χ1v) is 12.6. The van der Waals surface area contributed by atoms with E-state index in [-0.39, 0.29) is 5.25 Å². The van der Waals surface area contributed by atoms with Crippen molar-refractivity contribution in [2.75, 3.05) is 6.61 Å². The summed E-state index contributed by atoms with van der Waals surface area (Å²) < 4.78 is 8.45. The van der Waals surface area contributed by atoms with Gasteiger partial charge in [0.05, 0.1) is 22.8 Å². The van der Waals surface area contributed by atoms with Gasteiger partial charge in [-0.05, 0) is 53.9 Å². The van der Waals surface area contributed by atoms with E-state index in [9.17, 15) is 0 Å². The number of benzene rings is 4. The molecule has 5 aromatic rings. The summed E-state index contributed by atoms with van der Waals surface area (Å²) in [7, 11) is 0. The number of ether oxygens (including phenoxy) is 1. The minimum atomic E-state index is 0.0693. The highest BCUT2D eigenvalue weighted by atomic mass is 32.2. The molecule has 0 aliphatic rings.